The maximum Gasteiger partial charge on any atom is 0.244 e. The molecule has 0 fully saturated rings. The molecule has 8 heteroatoms. The van der Waals surface area contributed by atoms with Gasteiger partial charge in [0.1, 0.15) is 4.90 Å². The van der Waals surface area contributed by atoms with Gasteiger partial charge in [0.05, 0.1) is 5.69 Å². The largest absolute Gasteiger partial charge is 0.323 e. The second kappa shape index (κ2) is 5.44. The zero-order valence-electron chi connectivity index (χ0n) is 9.33. The fourth-order valence-corrected chi connectivity index (χ4v) is 3.16. The average molecular weight is 284 g/mol. The summed E-state index contributed by atoms with van der Waals surface area (Å²) in [7, 11) is -3.63. The molecule has 0 unspecified atom stereocenters. The van der Waals surface area contributed by atoms with E-state index in [0.29, 0.717) is 5.69 Å². The van der Waals surface area contributed by atoms with Gasteiger partial charge < -0.3 is 5.43 Å². The number of thiophene rings is 1. The third kappa shape index (κ3) is 2.85. The van der Waals surface area contributed by atoms with E-state index in [-0.39, 0.29) is 11.4 Å². The smallest absolute Gasteiger partial charge is 0.244 e. The minimum Gasteiger partial charge on any atom is -0.323 e. The summed E-state index contributed by atoms with van der Waals surface area (Å²) in [6.45, 7) is 0.241. The molecule has 0 spiro atoms. The minimum atomic E-state index is -3.63. The summed E-state index contributed by atoms with van der Waals surface area (Å²) >= 11 is 1.51. The number of aromatic nitrogens is 1. The molecule has 0 aliphatic carbocycles. The Morgan fingerprint density at radius 2 is 2.22 bits per heavy atom. The molecular weight excluding hydrogens is 272 g/mol. The summed E-state index contributed by atoms with van der Waals surface area (Å²) in [6, 6.07) is 3.36. The molecule has 6 nitrogen and oxygen atoms in total. The number of sulfonamides is 1. The van der Waals surface area contributed by atoms with Gasteiger partial charge in [-0.2, -0.15) is 11.3 Å². The van der Waals surface area contributed by atoms with Crippen LogP contribution in [0.25, 0.3) is 0 Å². The van der Waals surface area contributed by atoms with Crippen LogP contribution in [0.2, 0.25) is 0 Å². The highest BCUT2D eigenvalue weighted by atomic mass is 32.2. The number of nitrogens with one attached hydrogen (secondary N) is 2. The maximum absolute atomic E-state index is 12.1. The number of pyridine rings is 1. The fourth-order valence-electron chi connectivity index (χ4n) is 1.36. The van der Waals surface area contributed by atoms with Crippen LogP contribution >= 0.6 is 11.3 Å². The molecule has 0 bridgehead atoms. The monoisotopic (exact) mass is 284 g/mol. The number of nitrogen functional groups attached to an aromatic ring is 1. The molecule has 0 saturated carbocycles. The van der Waals surface area contributed by atoms with Crippen molar-refractivity contribution in [2.45, 2.75) is 11.4 Å². The summed E-state index contributed by atoms with van der Waals surface area (Å²) in [6.07, 6.45) is 2.72. The molecule has 0 amide bonds. The Balaban J connectivity index is 2.20. The predicted octanol–water partition coefficient (Wildman–Crippen LogP) is 0.907. The standard InChI is InChI=1S/C10H12N4O2S2/c11-14-9-1-3-12-6-10(9)18(15,16)13-5-8-2-4-17-7-8/h1-4,6-7,13H,5,11H2,(H,12,14). The predicted molar refractivity (Wildman–Crippen MR) is 70.4 cm³/mol. The van der Waals surface area contributed by atoms with E-state index < -0.39 is 10.0 Å². The molecule has 2 aromatic heterocycles. The molecule has 0 aliphatic heterocycles. The van der Waals surface area contributed by atoms with E-state index >= 15 is 0 Å². The second-order valence-corrected chi connectivity index (χ2v) is 5.99. The van der Waals surface area contributed by atoms with Crippen LogP contribution in [-0.4, -0.2) is 13.4 Å². The van der Waals surface area contributed by atoms with E-state index in [0.717, 1.165) is 5.56 Å². The first-order valence-electron chi connectivity index (χ1n) is 5.05. The van der Waals surface area contributed by atoms with Gasteiger partial charge in [0.2, 0.25) is 10.0 Å². The zero-order chi connectivity index (χ0) is 13.0. The summed E-state index contributed by atoms with van der Waals surface area (Å²) in [4.78, 5) is 3.82. The topological polar surface area (TPSA) is 97.1 Å². The molecule has 2 aromatic rings. The Morgan fingerprint density at radius 1 is 1.39 bits per heavy atom. The van der Waals surface area contributed by atoms with Crippen molar-refractivity contribution >= 4 is 27.0 Å². The van der Waals surface area contributed by atoms with Crippen LogP contribution in [-0.2, 0) is 16.6 Å². The molecule has 0 atom stereocenters. The highest BCUT2D eigenvalue weighted by Gasteiger charge is 2.18. The fraction of sp³-hybridized carbons (Fsp3) is 0.100. The van der Waals surface area contributed by atoms with Gasteiger partial charge in [0, 0.05) is 18.9 Å². The third-order valence-electron chi connectivity index (χ3n) is 2.28. The van der Waals surface area contributed by atoms with Crippen LogP contribution in [0.5, 0.6) is 0 Å². The quantitative estimate of drug-likeness (QED) is 0.560. The van der Waals surface area contributed by atoms with Gasteiger partial charge in [-0.15, -0.1) is 0 Å². The number of hydrazine groups is 1. The van der Waals surface area contributed by atoms with E-state index in [4.69, 9.17) is 5.84 Å². The first-order chi connectivity index (χ1) is 8.63. The molecule has 2 rings (SSSR count). The summed E-state index contributed by atoms with van der Waals surface area (Å²) in [5, 5.41) is 3.77. The van der Waals surface area contributed by atoms with Crippen LogP contribution in [0.4, 0.5) is 5.69 Å². The van der Waals surface area contributed by atoms with Crippen molar-refractivity contribution in [1.82, 2.24) is 9.71 Å². The number of hydrogen-bond donors (Lipinski definition) is 3. The molecule has 4 N–H and O–H groups in total. The Labute approximate surface area is 109 Å². The minimum absolute atomic E-state index is 0.0303. The molecule has 0 saturated heterocycles. The van der Waals surface area contributed by atoms with Crippen molar-refractivity contribution < 1.29 is 8.42 Å². The average Bonchev–Trinajstić information content (AvgIpc) is 2.89. The van der Waals surface area contributed by atoms with Crippen LogP contribution in [0.15, 0.2) is 40.2 Å². The Morgan fingerprint density at radius 3 is 2.89 bits per heavy atom. The van der Waals surface area contributed by atoms with E-state index in [9.17, 15) is 8.42 Å². The van der Waals surface area contributed by atoms with Crippen molar-refractivity contribution in [3.8, 4) is 0 Å². The summed E-state index contributed by atoms with van der Waals surface area (Å²) in [5.41, 5.74) is 3.56. The lowest BCUT2D eigenvalue weighted by Crippen LogP contribution is -2.25. The number of rotatable bonds is 5. The van der Waals surface area contributed by atoms with Crippen molar-refractivity contribution in [3.63, 3.8) is 0 Å². The molecule has 18 heavy (non-hydrogen) atoms. The molecule has 0 aliphatic rings. The maximum atomic E-state index is 12.1. The summed E-state index contributed by atoms with van der Waals surface area (Å²) < 4.78 is 26.6. The van der Waals surface area contributed by atoms with E-state index in [1.165, 1.54) is 29.8 Å². The van der Waals surface area contributed by atoms with Crippen molar-refractivity contribution in [1.29, 1.82) is 0 Å². The van der Waals surface area contributed by atoms with Crippen LogP contribution < -0.4 is 16.0 Å². The molecule has 0 aromatic carbocycles. The van der Waals surface area contributed by atoms with E-state index in [1.807, 2.05) is 16.8 Å². The van der Waals surface area contributed by atoms with Gasteiger partial charge in [-0.25, -0.2) is 13.1 Å². The number of hydrogen-bond acceptors (Lipinski definition) is 6. The zero-order valence-corrected chi connectivity index (χ0v) is 11.0. The second-order valence-electron chi connectivity index (χ2n) is 3.47. The third-order valence-corrected chi connectivity index (χ3v) is 4.44. The van der Waals surface area contributed by atoms with Crippen LogP contribution in [0.1, 0.15) is 5.56 Å². The van der Waals surface area contributed by atoms with Crippen LogP contribution in [0, 0.1) is 0 Å². The molecule has 2 heterocycles. The number of nitrogens with zero attached hydrogens (tertiary/aromatic N) is 1. The van der Waals surface area contributed by atoms with E-state index in [2.05, 4.69) is 15.1 Å². The van der Waals surface area contributed by atoms with Gasteiger partial charge in [-0.05, 0) is 28.5 Å². The van der Waals surface area contributed by atoms with Gasteiger partial charge in [0.25, 0.3) is 0 Å². The van der Waals surface area contributed by atoms with Crippen molar-refractivity contribution in [3.05, 3.63) is 40.8 Å². The Bertz CT molecular complexity index is 611. The highest BCUT2D eigenvalue weighted by molar-refractivity contribution is 7.89. The first kappa shape index (κ1) is 13.0. The van der Waals surface area contributed by atoms with Crippen molar-refractivity contribution in [2.75, 3.05) is 5.43 Å². The van der Waals surface area contributed by atoms with Gasteiger partial charge in [0.15, 0.2) is 0 Å². The lowest BCUT2D eigenvalue weighted by Gasteiger charge is -2.09. The summed E-state index contributed by atoms with van der Waals surface area (Å²) in [5.74, 6) is 5.27. The van der Waals surface area contributed by atoms with Gasteiger partial charge >= 0.3 is 0 Å². The normalized spacial score (nSPS) is 11.4. The Kier molecular flexibility index (Phi) is 3.92. The first-order valence-corrected chi connectivity index (χ1v) is 7.47. The SMILES string of the molecule is NNc1ccncc1S(=O)(=O)NCc1ccsc1. The van der Waals surface area contributed by atoms with Gasteiger partial charge in [-0.1, -0.05) is 0 Å². The highest BCUT2D eigenvalue weighted by Crippen LogP contribution is 2.18. The molecule has 0 radical (unpaired) electrons. The van der Waals surface area contributed by atoms with Crippen molar-refractivity contribution in [2.24, 2.45) is 5.84 Å². The molecular formula is C10H12N4O2S2. The van der Waals surface area contributed by atoms with Crippen LogP contribution in [0.3, 0.4) is 0 Å². The van der Waals surface area contributed by atoms with Gasteiger partial charge in [-0.3, -0.25) is 10.8 Å². The Hall–Kier alpha value is -1.48. The molecule has 96 valence electrons. The number of anilines is 1. The lowest BCUT2D eigenvalue weighted by molar-refractivity contribution is 0.581. The van der Waals surface area contributed by atoms with E-state index in [1.54, 1.807) is 0 Å². The lowest BCUT2D eigenvalue weighted by atomic mass is 10.4. The number of nitrogens with two attached hydrogens (primary N) is 1.